The molecule has 2 aliphatic heterocycles. The Morgan fingerprint density at radius 2 is 2.21 bits per heavy atom. The number of piperidine rings is 1. The van der Waals surface area contributed by atoms with Crippen LogP contribution in [0.4, 0.5) is 4.79 Å². The summed E-state index contributed by atoms with van der Waals surface area (Å²) in [7, 11) is 0. The lowest BCUT2D eigenvalue weighted by molar-refractivity contribution is -0.148. The van der Waals surface area contributed by atoms with Crippen molar-refractivity contribution >= 4 is 17.6 Å². The van der Waals surface area contributed by atoms with Gasteiger partial charge in [0.15, 0.2) is 0 Å². The summed E-state index contributed by atoms with van der Waals surface area (Å²) in [4.78, 5) is 29.6. The number of rotatable bonds is 5. The molecule has 28 heavy (non-hydrogen) atoms. The third-order valence-electron chi connectivity index (χ3n) is 7.20. The van der Waals surface area contributed by atoms with E-state index in [-0.39, 0.29) is 16.7 Å². The number of likely N-dealkylation sites (tertiary alicyclic amines) is 1. The summed E-state index contributed by atoms with van der Waals surface area (Å²) < 4.78 is 7.30. The van der Waals surface area contributed by atoms with Gasteiger partial charge >= 0.3 is 6.09 Å². The monoisotopic (exact) mass is 384 g/mol. The van der Waals surface area contributed by atoms with Gasteiger partial charge in [-0.2, -0.15) is 0 Å². The van der Waals surface area contributed by atoms with Gasteiger partial charge in [0.2, 0.25) is 0 Å². The Bertz CT molecular complexity index is 953. The predicted octanol–water partition coefficient (Wildman–Crippen LogP) is 1.72. The van der Waals surface area contributed by atoms with E-state index >= 15 is 0 Å². The Hall–Kier alpha value is -2.61. The number of hydrogen-bond donors (Lipinski definition) is 2. The molecule has 148 valence electrons. The SMILES string of the molecule is CC1(C23CN(C(=O)O)CC2C3CCNC(=O)c2ccc3nccn3c2)COC1. The second-order valence-corrected chi connectivity index (χ2v) is 8.62. The number of fused-ring (bicyclic) bond motifs is 2. The molecule has 2 saturated heterocycles. The quantitative estimate of drug-likeness (QED) is 0.818. The largest absolute Gasteiger partial charge is 0.465 e. The van der Waals surface area contributed by atoms with Crippen molar-refractivity contribution in [3.63, 3.8) is 0 Å². The van der Waals surface area contributed by atoms with Gasteiger partial charge < -0.3 is 24.5 Å². The van der Waals surface area contributed by atoms with Crippen LogP contribution in [0.25, 0.3) is 5.65 Å². The summed E-state index contributed by atoms with van der Waals surface area (Å²) in [6.07, 6.45) is 5.33. The number of nitrogens with zero attached hydrogens (tertiary/aromatic N) is 3. The minimum atomic E-state index is -0.836. The summed E-state index contributed by atoms with van der Waals surface area (Å²) in [5.41, 5.74) is 1.46. The predicted molar refractivity (Wildman–Crippen MR) is 100 cm³/mol. The highest BCUT2D eigenvalue weighted by atomic mass is 16.5. The average molecular weight is 384 g/mol. The highest BCUT2D eigenvalue weighted by molar-refractivity contribution is 5.94. The number of aromatic nitrogens is 2. The number of nitrogens with one attached hydrogen (secondary N) is 1. The molecular formula is C20H24N4O4. The first-order chi connectivity index (χ1) is 13.4. The number of carbonyl (C=O) groups excluding carboxylic acids is 1. The standard InChI is InChI=1S/C20H24N4O4/c1-19(11-28-12-19)20-10-24(18(26)27)9-15(20)14(20)4-5-22-17(25)13-2-3-16-21-6-7-23(16)8-13/h2-3,6-8,14-15H,4-5,9-12H2,1H3,(H,22,25)(H,26,27). The minimum Gasteiger partial charge on any atom is -0.465 e. The number of hydrogen-bond acceptors (Lipinski definition) is 4. The molecule has 3 atom stereocenters. The summed E-state index contributed by atoms with van der Waals surface area (Å²) in [6, 6.07) is 3.61. The van der Waals surface area contributed by atoms with Crippen molar-refractivity contribution in [2.45, 2.75) is 13.3 Å². The Labute approximate surface area is 162 Å². The lowest BCUT2D eigenvalue weighted by Crippen LogP contribution is -2.51. The van der Waals surface area contributed by atoms with Crippen LogP contribution >= 0.6 is 0 Å². The van der Waals surface area contributed by atoms with Gasteiger partial charge in [-0.15, -0.1) is 0 Å². The molecule has 3 aliphatic rings. The van der Waals surface area contributed by atoms with Crippen molar-refractivity contribution in [2.75, 3.05) is 32.8 Å². The first-order valence-electron chi connectivity index (χ1n) is 9.71. The van der Waals surface area contributed by atoms with Crippen LogP contribution in [0.2, 0.25) is 0 Å². The number of pyridine rings is 1. The zero-order valence-corrected chi connectivity index (χ0v) is 15.8. The van der Waals surface area contributed by atoms with E-state index in [1.165, 1.54) is 0 Å². The smallest absolute Gasteiger partial charge is 0.407 e. The summed E-state index contributed by atoms with van der Waals surface area (Å²) in [5.74, 6) is 0.714. The second-order valence-electron chi connectivity index (χ2n) is 8.62. The van der Waals surface area contributed by atoms with E-state index < -0.39 is 6.09 Å². The topological polar surface area (TPSA) is 96.2 Å². The molecular weight excluding hydrogens is 360 g/mol. The molecule has 4 heterocycles. The fraction of sp³-hybridized carbons (Fsp3) is 0.550. The highest BCUT2D eigenvalue weighted by Gasteiger charge is 2.77. The van der Waals surface area contributed by atoms with Crippen molar-refractivity contribution < 1.29 is 19.4 Å². The van der Waals surface area contributed by atoms with Crippen molar-refractivity contribution in [1.29, 1.82) is 0 Å². The molecule has 2 N–H and O–H groups in total. The van der Waals surface area contributed by atoms with Gasteiger partial charge in [0, 0.05) is 49.1 Å². The molecule has 1 aliphatic carbocycles. The van der Waals surface area contributed by atoms with Gasteiger partial charge in [0.1, 0.15) is 5.65 Å². The number of ether oxygens (including phenoxy) is 1. The summed E-state index contributed by atoms with van der Waals surface area (Å²) >= 11 is 0. The summed E-state index contributed by atoms with van der Waals surface area (Å²) in [6.45, 7) is 5.39. The Morgan fingerprint density at radius 3 is 2.93 bits per heavy atom. The molecule has 8 nitrogen and oxygen atoms in total. The lowest BCUT2D eigenvalue weighted by atomic mass is 9.70. The Kier molecular flexibility index (Phi) is 3.71. The zero-order chi connectivity index (χ0) is 19.5. The maximum atomic E-state index is 12.5. The van der Waals surface area contributed by atoms with Crippen molar-refractivity contribution in [1.82, 2.24) is 19.6 Å². The van der Waals surface area contributed by atoms with Crippen molar-refractivity contribution in [3.8, 4) is 0 Å². The molecule has 2 aromatic heterocycles. The van der Waals surface area contributed by atoms with Crippen molar-refractivity contribution in [2.24, 2.45) is 22.7 Å². The molecule has 0 radical (unpaired) electrons. The van der Waals surface area contributed by atoms with E-state index in [4.69, 9.17) is 4.74 Å². The number of carbonyl (C=O) groups is 2. The highest BCUT2D eigenvalue weighted by Crippen LogP contribution is 2.74. The maximum absolute atomic E-state index is 12.5. The molecule has 2 aromatic rings. The molecule has 0 bridgehead atoms. The van der Waals surface area contributed by atoms with Crippen LogP contribution < -0.4 is 5.32 Å². The lowest BCUT2D eigenvalue weighted by Gasteiger charge is -2.46. The third-order valence-corrected chi connectivity index (χ3v) is 7.20. The number of imidazole rings is 1. The van der Waals surface area contributed by atoms with E-state index in [1.807, 2.05) is 16.7 Å². The van der Waals surface area contributed by atoms with E-state index in [0.29, 0.717) is 50.2 Å². The Morgan fingerprint density at radius 1 is 1.39 bits per heavy atom. The van der Waals surface area contributed by atoms with Gasteiger partial charge in [0.25, 0.3) is 5.91 Å². The van der Waals surface area contributed by atoms with Crippen molar-refractivity contribution in [3.05, 3.63) is 36.3 Å². The first-order valence-corrected chi connectivity index (χ1v) is 9.71. The summed E-state index contributed by atoms with van der Waals surface area (Å²) in [5, 5.41) is 12.4. The molecule has 8 heteroatoms. The van der Waals surface area contributed by atoms with Crippen LogP contribution in [0.15, 0.2) is 30.7 Å². The van der Waals surface area contributed by atoms with Gasteiger partial charge in [-0.1, -0.05) is 6.92 Å². The number of amides is 2. The maximum Gasteiger partial charge on any atom is 0.407 e. The van der Waals surface area contributed by atoms with E-state index in [9.17, 15) is 14.7 Å². The fourth-order valence-corrected chi connectivity index (χ4v) is 5.61. The second kappa shape index (κ2) is 5.94. The number of carboxylic acid groups (broad SMARTS) is 1. The average Bonchev–Trinajstić information content (AvgIpc) is 3.03. The fourth-order valence-electron chi connectivity index (χ4n) is 5.61. The molecule has 0 spiro atoms. The van der Waals surface area contributed by atoms with Crippen LogP contribution in [0.3, 0.4) is 0 Å². The molecule has 5 rings (SSSR count). The normalized spacial score (nSPS) is 30.0. The van der Waals surface area contributed by atoms with Gasteiger partial charge in [-0.05, 0) is 30.4 Å². The van der Waals surface area contributed by atoms with Gasteiger partial charge in [-0.25, -0.2) is 9.78 Å². The van der Waals surface area contributed by atoms with Gasteiger partial charge in [0.05, 0.1) is 18.8 Å². The molecule has 3 unspecified atom stereocenters. The Balaban J connectivity index is 1.22. The zero-order valence-electron chi connectivity index (χ0n) is 15.8. The van der Waals surface area contributed by atoms with Crippen LogP contribution in [0.1, 0.15) is 23.7 Å². The molecule has 1 saturated carbocycles. The van der Waals surface area contributed by atoms with Crippen LogP contribution in [0.5, 0.6) is 0 Å². The molecule has 2 amide bonds. The third kappa shape index (κ3) is 2.37. The van der Waals surface area contributed by atoms with E-state index in [1.54, 1.807) is 23.4 Å². The minimum absolute atomic E-state index is 0.00406. The van der Waals surface area contributed by atoms with Crippen LogP contribution in [-0.2, 0) is 4.74 Å². The van der Waals surface area contributed by atoms with Crippen LogP contribution in [0, 0.1) is 22.7 Å². The van der Waals surface area contributed by atoms with Crippen LogP contribution in [-0.4, -0.2) is 64.2 Å². The first kappa shape index (κ1) is 17.5. The van der Waals surface area contributed by atoms with Gasteiger partial charge in [-0.3, -0.25) is 4.79 Å². The van der Waals surface area contributed by atoms with E-state index in [0.717, 1.165) is 12.1 Å². The molecule has 0 aromatic carbocycles. The van der Waals surface area contributed by atoms with E-state index in [2.05, 4.69) is 17.2 Å². The molecule has 3 fully saturated rings.